The molecule has 21 heavy (non-hydrogen) atoms. The number of pyridine rings is 1. The highest BCUT2D eigenvalue weighted by molar-refractivity contribution is 9.10. The Kier molecular flexibility index (Phi) is 5.36. The quantitative estimate of drug-likeness (QED) is 0.803. The Morgan fingerprint density at radius 3 is 2.67 bits per heavy atom. The molecule has 1 heterocycles. The lowest BCUT2D eigenvalue weighted by molar-refractivity contribution is 0.497. The molecule has 0 saturated heterocycles. The molecule has 1 aromatic heterocycles. The van der Waals surface area contributed by atoms with Gasteiger partial charge in [-0.1, -0.05) is 13.0 Å². The molecule has 2 rings (SSSR count). The lowest BCUT2D eigenvalue weighted by atomic mass is 9.99. The summed E-state index contributed by atoms with van der Waals surface area (Å²) in [4.78, 5) is 3.81. The monoisotopic (exact) mass is 358 g/mol. The summed E-state index contributed by atoms with van der Waals surface area (Å²) in [6.45, 7) is 2.63. The first-order chi connectivity index (χ1) is 10.0. The minimum atomic E-state index is -0.958. The molecule has 2 aromatic rings. The van der Waals surface area contributed by atoms with E-state index in [1.165, 1.54) is 18.3 Å². The standard InChI is InChI=1S/C15H14BrF3N2/c1-2-5-21-15(9-6-10(17)8-20-7-9)11-3-4-12(18)14(19)13(11)16/h3-4,6-8,15,21H,2,5H2,1H3. The second-order valence-electron chi connectivity index (χ2n) is 4.59. The normalized spacial score (nSPS) is 12.4. The molecule has 0 aliphatic heterocycles. The number of halogens is 4. The van der Waals surface area contributed by atoms with Crippen molar-refractivity contribution in [2.24, 2.45) is 0 Å². The van der Waals surface area contributed by atoms with E-state index in [4.69, 9.17) is 0 Å². The number of benzene rings is 1. The van der Waals surface area contributed by atoms with Gasteiger partial charge in [0.1, 0.15) is 5.82 Å². The van der Waals surface area contributed by atoms with E-state index in [0.29, 0.717) is 17.7 Å². The Morgan fingerprint density at radius 2 is 2.00 bits per heavy atom. The fourth-order valence-electron chi connectivity index (χ4n) is 2.05. The third-order valence-corrected chi connectivity index (χ3v) is 3.84. The Bertz CT molecular complexity index is 634. The molecule has 2 nitrogen and oxygen atoms in total. The zero-order valence-corrected chi connectivity index (χ0v) is 12.9. The van der Waals surface area contributed by atoms with Crippen LogP contribution in [0.25, 0.3) is 0 Å². The van der Waals surface area contributed by atoms with Crippen LogP contribution < -0.4 is 5.32 Å². The number of aromatic nitrogens is 1. The van der Waals surface area contributed by atoms with Gasteiger partial charge in [-0.15, -0.1) is 0 Å². The zero-order valence-electron chi connectivity index (χ0n) is 11.3. The van der Waals surface area contributed by atoms with Crippen LogP contribution in [0.1, 0.15) is 30.5 Å². The summed E-state index contributed by atoms with van der Waals surface area (Å²) in [7, 11) is 0. The zero-order chi connectivity index (χ0) is 15.4. The van der Waals surface area contributed by atoms with Crippen LogP contribution in [0.15, 0.2) is 35.1 Å². The van der Waals surface area contributed by atoms with E-state index in [1.54, 1.807) is 0 Å². The largest absolute Gasteiger partial charge is 0.306 e. The number of nitrogens with zero attached hydrogens (tertiary/aromatic N) is 1. The third kappa shape index (κ3) is 3.63. The van der Waals surface area contributed by atoms with Crippen LogP contribution >= 0.6 is 15.9 Å². The van der Waals surface area contributed by atoms with Crippen molar-refractivity contribution in [2.75, 3.05) is 6.54 Å². The lowest BCUT2D eigenvalue weighted by Crippen LogP contribution is -2.24. The summed E-state index contributed by atoms with van der Waals surface area (Å²) in [6.07, 6.45) is 3.45. The van der Waals surface area contributed by atoms with Gasteiger partial charge in [0.2, 0.25) is 0 Å². The Hall–Kier alpha value is -1.40. The third-order valence-electron chi connectivity index (χ3n) is 3.03. The summed E-state index contributed by atoms with van der Waals surface area (Å²) in [6, 6.07) is 3.38. The van der Waals surface area contributed by atoms with Crippen molar-refractivity contribution >= 4 is 15.9 Å². The molecule has 0 fully saturated rings. The highest BCUT2D eigenvalue weighted by atomic mass is 79.9. The van der Waals surface area contributed by atoms with E-state index >= 15 is 0 Å². The molecule has 1 N–H and O–H groups in total. The van der Waals surface area contributed by atoms with Crippen molar-refractivity contribution in [1.29, 1.82) is 0 Å². The van der Waals surface area contributed by atoms with Crippen LogP contribution in [0.4, 0.5) is 13.2 Å². The molecule has 1 aromatic carbocycles. The molecule has 0 aliphatic carbocycles. The van der Waals surface area contributed by atoms with Crippen LogP contribution in [0.2, 0.25) is 0 Å². The van der Waals surface area contributed by atoms with Crippen molar-refractivity contribution in [3.63, 3.8) is 0 Å². The van der Waals surface area contributed by atoms with Gasteiger partial charge in [-0.25, -0.2) is 13.2 Å². The molecule has 0 spiro atoms. The van der Waals surface area contributed by atoms with Gasteiger partial charge in [0, 0.05) is 6.20 Å². The van der Waals surface area contributed by atoms with Crippen LogP contribution in [0, 0.1) is 17.5 Å². The average molecular weight is 359 g/mol. The maximum atomic E-state index is 13.7. The molecular weight excluding hydrogens is 345 g/mol. The summed E-state index contributed by atoms with van der Waals surface area (Å²) in [5.41, 5.74) is 1.05. The topological polar surface area (TPSA) is 24.9 Å². The van der Waals surface area contributed by atoms with Gasteiger partial charge in [-0.2, -0.15) is 0 Å². The number of rotatable bonds is 5. The predicted octanol–water partition coefficient (Wildman–Crippen LogP) is 4.35. The first-order valence-electron chi connectivity index (χ1n) is 6.51. The minimum absolute atomic E-state index is 0.0281. The predicted molar refractivity (Wildman–Crippen MR) is 78.4 cm³/mol. The smallest absolute Gasteiger partial charge is 0.173 e. The van der Waals surface area contributed by atoms with Crippen molar-refractivity contribution in [3.8, 4) is 0 Å². The maximum Gasteiger partial charge on any atom is 0.173 e. The minimum Gasteiger partial charge on any atom is -0.306 e. The molecule has 6 heteroatoms. The van der Waals surface area contributed by atoms with Gasteiger partial charge < -0.3 is 5.32 Å². The number of hydrogen-bond donors (Lipinski definition) is 1. The van der Waals surface area contributed by atoms with Gasteiger partial charge in [0.05, 0.1) is 16.7 Å². The molecule has 1 atom stereocenters. The summed E-state index contributed by atoms with van der Waals surface area (Å²) in [5, 5.41) is 3.19. The van der Waals surface area contributed by atoms with Crippen LogP contribution in [0.5, 0.6) is 0 Å². The molecule has 0 aliphatic rings. The van der Waals surface area contributed by atoms with E-state index in [1.807, 2.05) is 6.92 Å². The van der Waals surface area contributed by atoms with Crippen molar-refractivity contribution < 1.29 is 13.2 Å². The van der Waals surface area contributed by atoms with Crippen molar-refractivity contribution in [3.05, 3.63) is 63.6 Å². The fourth-order valence-corrected chi connectivity index (χ4v) is 2.60. The molecule has 112 valence electrons. The van der Waals surface area contributed by atoms with E-state index in [2.05, 4.69) is 26.2 Å². The van der Waals surface area contributed by atoms with E-state index in [-0.39, 0.29) is 4.47 Å². The van der Waals surface area contributed by atoms with Crippen molar-refractivity contribution in [1.82, 2.24) is 10.3 Å². The van der Waals surface area contributed by atoms with Gasteiger partial charge in [-0.3, -0.25) is 4.98 Å². The van der Waals surface area contributed by atoms with Gasteiger partial charge >= 0.3 is 0 Å². The molecule has 0 bridgehead atoms. The number of hydrogen-bond acceptors (Lipinski definition) is 2. The Balaban J connectivity index is 2.48. The fraction of sp³-hybridized carbons (Fsp3) is 0.267. The van der Waals surface area contributed by atoms with Crippen LogP contribution in [-0.4, -0.2) is 11.5 Å². The van der Waals surface area contributed by atoms with Crippen LogP contribution in [-0.2, 0) is 0 Å². The maximum absolute atomic E-state index is 13.7. The SMILES string of the molecule is CCCNC(c1cncc(F)c1)c1ccc(F)c(F)c1Br. The molecule has 0 amide bonds. The molecule has 1 unspecified atom stereocenters. The second-order valence-corrected chi connectivity index (χ2v) is 5.38. The van der Waals surface area contributed by atoms with Gasteiger partial charge in [0.15, 0.2) is 11.6 Å². The Morgan fingerprint density at radius 1 is 1.24 bits per heavy atom. The highest BCUT2D eigenvalue weighted by Gasteiger charge is 2.21. The van der Waals surface area contributed by atoms with Crippen LogP contribution in [0.3, 0.4) is 0 Å². The summed E-state index contributed by atoms with van der Waals surface area (Å²) in [5.74, 6) is -2.37. The number of nitrogens with one attached hydrogen (secondary N) is 1. The lowest BCUT2D eigenvalue weighted by Gasteiger charge is -2.21. The second kappa shape index (κ2) is 7.04. The first-order valence-corrected chi connectivity index (χ1v) is 7.31. The molecule has 0 radical (unpaired) electrons. The van der Waals surface area contributed by atoms with Crippen molar-refractivity contribution in [2.45, 2.75) is 19.4 Å². The average Bonchev–Trinajstić information content (AvgIpc) is 2.47. The van der Waals surface area contributed by atoms with E-state index in [9.17, 15) is 13.2 Å². The Labute approximate surface area is 129 Å². The molecule has 0 saturated carbocycles. The van der Waals surface area contributed by atoms with E-state index in [0.717, 1.165) is 18.7 Å². The van der Waals surface area contributed by atoms with E-state index < -0.39 is 23.5 Å². The van der Waals surface area contributed by atoms with Gasteiger partial charge in [-0.05, 0) is 52.2 Å². The molecular formula is C15H14BrF3N2. The first kappa shape index (κ1) is 16.0. The highest BCUT2D eigenvalue weighted by Crippen LogP contribution is 2.31. The summed E-state index contributed by atoms with van der Waals surface area (Å²) >= 11 is 3.07. The summed E-state index contributed by atoms with van der Waals surface area (Å²) < 4.78 is 40.4. The van der Waals surface area contributed by atoms with Gasteiger partial charge in [0.25, 0.3) is 0 Å².